The zero-order chi connectivity index (χ0) is 18.4. The maximum absolute atomic E-state index is 13.0. The van der Waals surface area contributed by atoms with Crippen LogP contribution in [-0.2, 0) is 24.8 Å². The lowest BCUT2D eigenvalue weighted by atomic mass is 10.0. The highest BCUT2D eigenvalue weighted by Gasteiger charge is 2.37. The summed E-state index contributed by atoms with van der Waals surface area (Å²) in [5.41, 5.74) is 0.628. The van der Waals surface area contributed by atoms with Crippen molar-refractivity contribution in [3.05, 3.63) is 23.8 Å². The Morgan fingerprint density at radius 2 is 1.96 bits per heavy atom. The summed E-state index contributed by atoms with van der Waals surface area (Å²) < 4.78 is 52.5. The molecule has 0 aromatic heterocycles. The highest BCUT2D eigenvalue weighted by molar-refractivity contribution is 7.94. The third-order valence-electron chi connectivity index (χ3n) is 4.72. The summed E-state index contributed by atoms with van der Waals surface area (Å²) in [6, 6.07) is 4.34. The minimum Gasteiger partial charge on any atom is -0.273 e. The molecular formula is C16H22N2O5S2. The second kappa shape index (κ2) is 6.37. The molecule has 0 N–H and O–H groups in total. The van der Waals surface area contributed by atoms with Crippen molar-refractivity contribution in [1.82, 2.24) is 4.31 Å². The molecule has 0 aliphatic carbocycles. The molecule has 0 radical (unpaired) electrons. The molecule has 2 fully saturated rings. The molecule has 7 nitrogen and oxygen atoms in total. The van der Waals surface area contributed by atoms with E-state index in [9.17, 15) is 21.6 Å². The smallest absolute Gasteiger partial charge is 0.243 e. The summed E-state index contributed by atoms with van der Waals surface area (Å²) in [6.45, 7) is 4.59. The van der Waals surface area contributed by atoms with Gasteiger partial charge in [0, 0.05) is 19.5 Å². The van der Waals surface area contributed by atoms with E-state index in [-0.39, 0.29) is 28.7 Å². The number of amides is 1. The first-order valence-corrected chi connectivity index (χ1v) is 11.3. The Balaban J connectivity index is 2.04. The molecule has 2 saturated heterocycles. The van der Waals surface area contributed by atoms with Crippen LogP contribution in [-0.4, -0.2) is 45.9 Å². The highest BCUT2D eigenvalue weighted by Crippen LogP contribution is 2.31. The molecule has 1 atom stereocenters. The first-order chi connectivity index (χ1) is 11.6. The Morgan fingerprint density at radius 3 is 2.56 bits per heavy atom. The van der Waals surface area contributed by atoms with Crippen molar-refractivity contribution in [2.75, 3.05) is 23.1 Å². The number of hydrogen-bond donors (Lipinski definition) is 0. The van der Waals surface area contributed by atoms with Crippen molar-refractivity contribution in [2.45, 2.75) is 38.0 Å². The Kier molecular flexibility index (Phi) is 4.67. The van der Waals surface area contributed by atoms with Crippen LogP contribution in [0, 0.1) is 12.8 Å². The van der Waals surface area contributed by atoms with Gasteiger partial charge in [-0.15, -0.1) is 0 Å². The van der Waals surface area contributed by atoms with Gasteiger partial charge in [-0.25, -0.2) is 21.1 Å². The summed E-state index contributed by atoms with van der Waals surface area (Å²) in [6.07, 6.45) is 1.71. The zero-order valence-electron chi connectivity index (χ0n) is 14.3. The monoisotopic (exact) mass is 386 g/mol. The Morgan fingerprint density at radius 1 is 1.24 bits per heavy atom. The van der Waals surface area contributed by atoms with Crippen molar-refractivity contribution >= 4 is 31.6 Å². The van der Waals surface area contributed by atoms with Crippen LogP contribution in [0.15, 0.2) is 23.1 Å². The zero-order valence-corrected chi connectivity index (χ0v) is 15.9. The number of piperidine rings is 1. The normalized spacial score (nSPS) is 24.6. The predicted octanol–water partition coefficient (Wildman–Crippen LogP) is 1.48. The van der Waals surface area contributed by atoms with Crippen LogP contribution in [0.1, 0.15) is 31.7 Å². The summed E-state index contributed by atoms with van der Waals surface area (Å²) in [5.74, 6) is -0.489. The molecule has 3 rings (SSSR count). The topological polar surface area (TPSA) is 91.8 Å². The number of carbonyl (C=O) groups is 1. The fraction of sp³-hybridized carbons (Fsp3) is 0.562. The largest absolute Gasteiger partial charge is 0.273 e. The first-order valence-electron chi connectivity index (χ1n) is 8.29. The molecule has 1 aromatic carbocycles. The lowest BCUT2D eigenvalue weighted by Crippen LogP contribution is -2.39. The van der Waals surface area contributed by atoms with Gasteiger partial charge in [-0.05, 0) is 43.4 Å². The third-order valence-corrected chi connectivity index (χ3v) is 8.42. The molecule has 1 amide bonds. The molecule has 1 aromatic rings. The van der Waals surface area contributed by atoms with Gasteiger partial charge < -0.3 is 0 Å². The van der Waals surface area contributed by atoms with E-state index in [4.69, 9.17) is 0 Å². The minimum absolute atomic E-state index is 0.0639. The van der Waals surface area contributed by atoms with Crippen molar-refractivity contribution in [1.29, 1.82) is 0 Å². The van der Waals surface area contributed by atoms with E-state index in [0.717, 1.165) is 17.1 Å². The quantitative estimate of drug-likeness (QED) is 0.785. The van der Waals surface area contributed by atoms with E-state index in [0.29, 0.717) is 18.7 Å². The van der Waals surface area contributed by atoms with E-state index in [1.807, 2.05) is 6.92 Å². The molecule has 2 aliphatic heterocycles. The molecule has 0 spiro atoms. The van der Waals surface area contributed by atoms with Crippen molar-refractivity contribution in [3.63, 3.8) is 0 Å². The van der Waals surface area contributed by atoms with Gasteiger partial charge in [0.05, 0.1) is 16.3 Å². The second-order valence-corrected chi connectivity index (χ2v) is 10.6. The number of aryl methyl sites for hydroxylation is 1. The Labute approximate surface area is 148 Å². The standard InChI is InChI=1S/C16H22N2O5S2/c1-12-4-3-8-17(11-12)25(22,23)15-10-14(6-5-13(15)2)18-16(19)7-9-24(18,20)21/h5-6,10,12H,3-4,7-9,11H2,1-2H3. The third kappa shape index (κ3) is 3.32. The van der Waals surface area contributed by atoms with Gasteiger partial charge in [-0.3, -0.25) is 4.79 Å². The van der Waals surface area contributed by atoms with Gasteiger partial charge in [-0.1, -0.05) is 13.0 Å². The molecule has 0 saturated carbocycles. The maximum atomic E-state index is 13.0. The van der Waals surface area contributed by atoms with Crippen LogP contribution in [0.25, 0.3) is 0 Å². The number of nitrogens with zero attached hydrogens (tertiary/aromatic N) is 2. The minimum atomic E-state index is -3.73. The fourth-order valence-electron chi connectivity index (χ4n) is 3.37. The average Bonchev–Trinajstić information content (AvgIpc) is 2.81. The molecular weight excluding hydrogens is 364 g/mol. The van der Waals surface area contributed by atoms with Crippen molar-refractivity contribution in [2.24, 2.45) is 5.92 Å². The fourth-order valence-corrected chi connectivity index (χ4v) is 6.66. The first kappa shape index (κ1) is 18.3. The summed E-state index contributed by atoms with van der Waals surface area (Å²) >= 11 is 0. The Bertz CT molecular complexity index is 908. The van der Waals surface area contributed by atoms with Crippen molar-refractivity contribution in [3.8, 4) is 0 Å². The van der Waals surface area contributed by atoms with Crippen molar-refractivity contribution < 1.29 is 21.6 Å². The number of sulfonamides is 2. The van der Waals surface area contributed by atoms with Gasteiger partial charge >= 0.3 is 0 Å². The highest BCUT2D eigenvalue weighted by atomic mass is 32.2. The van der Waals surface area contributed by atoms with E-state index in [1.54, 1.807) is 13.0 Å². The number of rotatable bonds is 3. The van der Waals surface area contributed by atoms with Gasteiger partial charge in [0.2, 0.25) is 26.0 Å². The van der Waals surface area contributed by atoms with E-state index in [1.165, 1.54) is 16.4 Å². The number of carbonyl (C=O) groups excluding carboxylic acids is 1. The molecule has 1 unspecified atom stereocenters. The van der Waals surface area contributed by atoms with Gasteiger partial charge in [0.1, 0.15) is 0 Å². The molecule has 2 heterocycles. The van der Waals surface area contributed by atoms with Crippen LogP contribution in [0.3, 0.4) is 0 Å². The Hall–Kier alpha value is -1.45. The number of anilines is 1. The van der Waals surface area contributed by atoms with E-state index >= 15 is 0 Å². The van der Waals surface area contributed by atoms with Crippen LogP contribution in [0.4, 0.5) is 5.69 Å². The lowest BCUT2D eigenvalue weighted by Gasteiger charge is -2.30. The summed E-state index contributed by atoms with van der Waals surface area (Å²) in [4.78, 5) is 12.0. The van der Waals surface area contributed by atoms with Crippen LogP contribution >= 0.6 is 0 Å². The maximum Gasteiger partial charge on any atom is 0.243 e. The average molecular weight is 386 g/mol. The predicted molar refractivity (Wildman–Crippen MR) is 94.2 cm³/mol. The summed E-state index contributed by atoms with van der Waals surface area (Å²) in [7, 11) is -7.45. The lowest BCUT2D eigenvalue weighted by molar-refractivity contribution is -0.116. The second-order valence-electron chi connectivity index (χ2n) is 6.78. The molecule has 138 valence electrons. The number of benzene rings is 1. The number of hydrogen-bond acceptors (Lipinski definition) is 5. The molecule has 2 aliphatic rings. The van der Waals surface area contributed by atoms with Gasteiger partial charge in [0.15, 0.2) is 0 Å². The molecule has 0 bridgehead atoms. The SMILES string of the molecule is Cc1ccc(N2C(=O)CCS2(=O)=O)cc1S(=O)(=O)N1CCCC(C)C1. The molecule has 9 heteroatoms. The van der Waals surface area contributed by atoms with Gasteiger partial charge in [0.25, 0.3) is 0 Å². The van der Waals surface area contributed by atoms with Gasteiger partial charge in [-0.2, -0.15) is 4.31 Å². The van der Waals surface area contributed by atoms with Crippen LogP contribution in [0.2, 0.25) is 0 Å². The van der Waals surface area contributed by atoms with E-state index in [2.05, 4.69) is 0 Å². The summed E-state index contributed by atoms with van der Waals surface area (Å²) in [5, 5.41) is 0. The van der Waals surface area contributed by atoms with Crippen LogP contribution in [0.5, 0.6) is 0 Å². The van der Waals surface area contributed by atoms with E-state index < -0.39 is 26.0 Å². The molecule has 25 heavy (non-hydrogen) atoms. The van der Waals surface area contributed by atoms with Crippen LogP contribution < -0.4 is 4.31 Å².